The lowest BCUT2D eigenvalue weighted by Crippen LogP contribution is -2.46. The Morgan fingerprint density at radius 3 is 2.29 bits per heavy atom. The van der Waals surface area contributed by atoms with Gasteiger partial charge in [0.05, 0.1) is 0 Å². The van der Waals surface area contributed by atoms with Crippen LogP contribution in [0, 0.1) is 5.92 Å². The van der Waals surface area contributed by atoms with Gasteiger partial charge in [-0.05, 0) is 5.92 Å². The maximum atomic E-state index is 11.5. The number of hydrogen-bond acceptors (Lipinski definition) is 2. The van der Waals surface area contributed by atoms with Gasteiger partial charge in [-0.25, -0.2) is 9.59 Å². The van der Waals surface area contributed by atoms with Gasteiger partial charge in [0, 0.05) is 20.1 Å². The van der Waals surface area contributed by atoms with Crippen LogP contribution in [0.2, 0.25) is 0 Å². The summed E-state index contributed by atoms with van der Waals surface area (Å²) in [5.41, 5.74) is 0. The molecule has 0 unspecified atom stereocenters. The molecule has 0 aromatic carbocycles. The molecule has 14 heavy (non-hydrogen) atoms. The fraction of sp³-hybridized carbons (Fsp3) is 0.778. The fourth-order valence-corrected chi connectivity index (χ4v) is 1.70. The molecule has 1 heterocycles. The zero-order valence-corrected chi connectivity index (χ0v) is 8.73. The van der Waals surface area contributed by atoms with Gasteiger partial charge < -0.3 is 14.9 Å². The average molecular weight is 200 g/mol. The van der Waals surface area contributed by atoms with Crippen LogP contribution in [0.15, 0.2) is 0 Å². The van der Waals surface area contributed by atoms with Crippen molar-refractivity contribution in [2.75, 3.05) is 20.1 Å². The summed E-state index contributed by atoms with van der Waals surface area (Å²) >= 11 is 0. The molecule has 1 rings (SSSR count). The quantitative estimate of drug-likeness (QED) is 0.720. The number of aliphatic carboxylic acids is 1. The maximum absolute atomic E-state index is 11.5. The van der Waals surface area contributed by atoms with Crippen molar-refractivity contribution in [3.63, 3.8) is 0 Å². The minimum atomic E-state index is -0.927. The Hall–Kier alpha value is -1.26. The molecule has 0 spiro atoms. The summed E-state index contributed by atoms with van der Waals surface area (Å²) in [5.74, 6) is -0.994. The third kappa shape index (κ3) is 1.81. The standard InChI is InChI=1S/C9H16N2O3/c1-6(2)7(8(12)13)11-5-4-10(3)9(11)14/h6-7H,4-5H2,1-3H3,(H,12,13)/t7-/m0/s1. The van der Waals surface area contributed by atoms with E-state index in [4.69, 9.17) is 5.11 Å². The third-order valence-corrected chi connectivity index (χ3v) is 2.47. The number of carbonyl (C=O) groups excluding carboxylic acids is 1. The first kappa shape index (κ1) is 10.8. The Bertz CT molecular complexity index is 252. The molecule has 1 N–H and O–H groups in total. The molecule has 0 saturated carbocycles. The van der Waals surface area contributed by atoms with Gasteiger partial charge in [-0.2, -0.15) is 0 Å². The van der Waals surface area contributed by atoms with Crippen LogP contribution in [0.4, 0.5) is 4.79 Å². The van der Waals surface area contributed by atoms with Crippen LogP contribution in [0.5, 0.6) is 0 Å². The summed E-state index contributed by atoms with van der Waals surface area (Å²) in [6.45, 7) is 4.73. The average Bonchev–Trinajstić information content (AvgIpc) is 2.35. The van der Waals surface area contributed by atoms with E-state index in [0.717, 1.165) is 0 Å². The summed E-state index contributed by atoms with van der Waals surface area (Å²) in [4.78, 5) is 25.5. The minimum Gasteiger partial charge on any atom is -0.480 e. The van der Waals surface area contributed by atoms with E-state index in [1.54, 1.807) is 11.9 Å². The molecular formula is C9H16N2O3. The van der Waals surface area contributed by atoms with Gasteiger partial charge in [0.2, 0.25) is 0 Å². The zero-order valence-electron chi connectivity index (χ0n) is 8.73. The van der Waals surface area contributed by atoms with Crippen LogP contribution in [-0.2, 0) is 4.79 Å². The molecular weight excluding hydrogens is 184 g/mol. The molecule has 1 atom stereocenters. The van der Waals surface area contributed by atoms with Crippen LogP contribution in [0.1, 0.15) is 13.8 Å². The lowest BCUT2D eigenvalue weighted by atomic mass is 10.0. The Kier molecular flexibility index (Phi) is 2.98. The van der Waals surface area contributed by atoms with Gasteiger partial charge in [0.25, 0.3) is 0 Å². The third-order valence-electron chi connectivity index (χ3n) is 2.47. The van der Waals surface area contributed by atoms with Gasteiger partial charge in [-0.15, -0.1) is 0 Å². The predicted molar refractivity (Wildman–Crippen MR) is 51.0 cm³/mol. The van der Waals surface area contributed by atoms with Gasteiger partial charge in [-0.3, -0.25) is 0 Å². The van der Waals surface area contributed by atoms with E-state index in [0.29, 0.717) is 13.1 Å². The van der Waals surface area contributed by atoms with E-state index < -0.39 is 12.0 Å². The number of likely N-dealkylation sites (N-methyl/N-ethyl adjacent to an activating group) is 1. The topological polar surface area (TPSA) is 60.9 Å². The number of nitrogens with zero attached hydrogens (tertiary/aromatic N) is 2. The van der Waals surface area contributed by atoms with Crippen molar-refractivity contribution >= 4 is 12.0 Å². The first-order valence-corrected chi connectivity index (χ1v) is 4.69. The van der Waals surface area contributed by atoms with Crippen molar-refractivity contribution < 1.29 is 14.7 Å². The van der Waals surface area contributed by atoms with Gasteiger partial charge >= 0.3 is 12.0 Å². The lowest BCUT2D eigenvalue weighted by molar-refractivity contribution is -0.143. The number of amides is 2. The summed E-state index contributed by atoms with van der Waals surface area (Å²) in [7, 11) is 1.68. The van der Waals surface area contributed by atoms with E-state index in [1.807, 2.05) is 13.8 Å². The zero-order chi connectivity index (χ0) is 10.9. The normalized spacial score (nSPS) is 19.3. The summed E-state index contributed by atoms with van der Waals surface area (Å²) in [5, 5.41) is 9.00. The SMILES string of the molecule is CC(C)[C@@H](C(=O)O)N1CCN(C)C1=O. The summed E-state index contributed by atoms with van der Waals surface area (Å²) < 4.78 is 0. The molecule has 1 aliphatic heterocycles. The maximum Gasteiger partial charge on any atom is 0.326 e. The smallest absolute Gasteiger partial charge is 0.326 e. The van der Waals surface area contributed by atoms with E-state index in [2.05, 4.69) is 0 Å². The molecule has 80 valence electrons. The van der Waals surface area contributed by atoms with Crippen LogP contribution < -0.4 is 0 Å². The van der Waals surface area contributed by atoms with Crippen molar-refractivity contribution in [3.05, 3.63) is 0 Å². The summed E-state index contributed by atoms with van der Waals surface area (Å²) in [6.07, 6.45) is 0. The van der Waals surface area contributed by atoms with Crippen LogP contribution in [0.25, 0.3) is 0 Å². The van der Waals surface area contributed by atoms with Crippen LogP contribution in [-0.4, -0.2) is 53.1 Å². The van der Waals surface area contributed by atoms with Crippen molar-refractivity contribution in [3.8, 4) is 0 Å². The fourth-order valence-electron chi connectivity index (χ4n) is 1.70. The largest absolute Gasteiger partial charge is 0.480 e. The molecule has 0 bridgehead atoms. The highest BCUT2D eigenvalue weighted by Crippen LogP contribution is 2.17. The molecule has 1 aliphatic rings. The van der Waals surface area contributed by atoms with Gasteiger partial charge in [-0.1, -0.05) is 13.8 Å². The molecule has 0 aromatic rings. The highest BCUT2D eigenvalue weighted by atomic mass is 16.4. The molecule has 5 heteroatoms. The molecule has 1 saturated heterocycles. The van der Waals surface area contributed by atoms with E-state index in [-0.39, 0.29) is 11.9 Å². The molecule has 0 radical (unpaired) electrons. The first-order chi connectivity index (χ1) is 6.45. The number of carboxylic acids is 1. The Balaban J connectivity index is 2.80. The molecule has 0 aromatic heterocycles. The number of carbonyl (C=O) groups is 2. The highest BCUT2D eigenvalue weighted by molar-refractivity contribution is 5.84. The molecule has 0 aliphatic carbocycles. The Morgan fingerprint density at radius 2 is 2.00 bits per heavy atom. The first-order valence-electron chi connectivity index (χ1n) is 4.69. The minimum absolute atomic E-state index is 0.0667. The lowest BCUT2D eigenvalue weighted by Gasteiger charge is -2.26. The van der Waals surface area contributed by atoms with E-state index >= 15 is 0 Å². The monoisotopic (exact) mass is 200 g/mol. The second kappa shape index (κ2) is 3.86. The molecule has 5 nitrogen and oxygen atoms in total. The van der Waals surface area contributed by atoms with E-state index in [9.17, 15) is 9.59 Å². The van der Waals surface area contributed by atoms with Crippen molar-refractivity contribution in [2.45, 2.75) is 19.9 Å². The molecule has 2 amide bonds. The van der Waals surface area contributed by atoms with Gasteiger partial charge in [0.15, 0.2) is 0 Å². The van der Waals surface area contributed by atoms with Crippen molar-refractivity contribution in [2.24, 2.45) is 5.92 Å². The predicted octanol–water partition coefficient (Wildman–Crippen LogP) is 0.463. The Morgan fingerprint density at radius 1 is 1.43 bits per heavy atom. The highest BCUT2D eigenvalue weighted by Gasteiger charge is 2.37. The number of hydrogen-bond donors (Lipinski definition) is 1. The number of carboxylic acid groups (broad SMARTS) is 1. The van der Waals surface area contributed by atoms with Crippen LogP contribution in [0.3, 0.4) is 0 Å². The van der Waals surface area contributed by atoms with Crippen LogP contribution >= 0.6 is 0 Å². The summed E-state index contributed by atoms with van der Waals surface area (Å²) in [6, 6.07) is -0.890. The van der Waals surface area contributed by atoms with Crippen molar-refractivity contribution in [1.29, 1.82) is 0 Å². The number of rotatable bonds is 3. The number of urea groups is 1. The second-order valence-corrected chi connectivity index (χ2v) is 3.92. The second-order valence-electron chi connectivity index (χ2n) is 3.92. The van der Waals surface area contributed by atoms with E-state index in [1.165, 1.54) is 4.90 Å². The van der Waals surface area contributed by atoms with Crippen molar-refractivity contribution in [1.82, 2.24) is 9.80 Å². The molecule has 1 fully saturated rings. The Labute approximate surface area is 83.3 Å². The van der Waals surface area contributed by atoms with Gasteiger partial charge in [0.1, 0.15) is 6.04 Å².